The molecule has 1 saturated heterocycles. The molecule has 1 N–H and O–H groups in total. The van der Waals surface area contributed by atoms with Gasteiger partial charge in [-0.25, -0.2) is 4.39 Å². The van der Waals surface area contributed by atoms with Gasteiger partial charge in [-0.05, 0) is 24.6 Å². The lowest BCUT2D eigenvalue weighted by Gasteiger charge is -2.34. The Morgan fingerprint density at radius 1 is 1.53 bits per heavy atom. The van der Waals surface area contributed by atoms with E-state index in [1.54, 1.807) is 12.1 Å². The highest BCUT2D eigenvalue weighted by Gasteiger charge is 2.37. The molecule has 2 rings (SSSR count). The largest absolute Gasteiger partial charge is 0.468 e. The average Bonchev–Trinajstić information content (AvgIpc) is 2.40. The topological polar surface area (TPSA) is 55.4 Å². The number of hydrogen-bond donors (Lipinski definition) is 1. The monoisotopic (exact) mass is 285 g/mol. The number of halogens is 1. The van der Waals surface area contributed by atoms with Crippen LogP contribution in [-0.2, 0) is 20.3 Å². The molecule has 6 heteroatoms. The van der Waals surface area contributed by atoms with Gasteiger partial charge in [0.25, 0.3) is 0 Å². The van der Waals surface area contributed by atoms with Crippen LogP contribution in [0.2, 0.25) is 0 Å². The van der Waals surface area contributed by atoms with Crippen molar-refractivity contribution in [3.8, 4) is 0 Å². The molecule has 1 aliphatic heterocycles. The molecule has 19 heavy (non-hydrogen) atoms. The smallest absolute Gasteiger partial charge is 0.323 e. The molecule has 1 aromatic carbocycles. The van der Waals surface area contributed by atoms with E-state index in [1.165, 1.54) is 19.2 Å². The number of esters is 1. The molecular weight excluding hydrogens is 269 g/mol. The van der Waals surface area contributed by atoms with Gasteiger partial charge >= 0.3 is 5.97 Å². The van der Waals surface area contributed by atoms with Crippen molar-refractivity contribution in [2.45, 2.75) is 24.3 Å². The van der Waals surface area contributed by atoms with E-state index < -0.39 is 22.8 Å². The second-order valence-corrected chi connectivity index (χ2v) is 6.37. The summed E-state index contributed by atoms with van der Waals surface area (Å²) >= 11 is 0. The van der Waals surface area contributed by atoms with Crippen LogP contribution < -0.4 is 5.32 Å². The Kier molecular flexibility index (Phi) is 4.31. The summed E-state index contributed by atoms with van der Waals surface area (Å²) in [6.07, 6.45) is 0. The van der Waals surface area contributed by atoms with Crippen LogP contribution in [0.25, 0.3) is 0 Å². The van der Waals surface area contributed by atoms with Crippen molar-refractivity contribution in [1.29, 1.82) is 0 Å². The van der Waals surface area contributed by atoms with Crippen molar-refractivity contribution in [2.24, 2.45) is 0 Å². The van der Waals surface area contributed by atoms with Gasteiger partial charge in [-0.15, -0.1) is 0 Å². The van der Waals surface area contributed by atoms with Gasteiger partial charge in [0, 0.05) is 16.8 Å². The van der Waals surface area contributed by atoms with Crippen molar-refractivity contribution in [1.82, 2.24) is 5.32 Å². The van der Waals surface area contributed by atoms with E-state index in [2.05, 4.69) is 10.1 Å². The summed E-state index contributed by atoms with van der Waals surface area (Å²) in [6.45, 7) is 1.83. The maximum Gasteiger partial charge on any atom is 0.323 e. The van der Waals surface area contributed by atoms with Crippen LogP contribution in [0.1, 0.15) is 18.5 Å². The predicted octanol–water partition coefficient (Wildman–Crippen LogP) is 1.15. The zero-order chi connectivity index (χ0) is 14.0. The van der Waals surface area contributed by atoms with Gasteiger partial charge in [-0.3, -0.25) is 14.3 Å². The van der Waals surface area contributed by atoms with Crippen LogP contribution in [-0.4, -0.2) is 34.3 Å². The third-order valence-corrected chi connectivity index (χ3v) is 5.05. The first-order chi connectivity index (χ1) is 9.02. The van der Waals surface area contributed by atoms with E-state index in [4.69, 9.17) is 0 Å². The van der Waals surface area contributed by atoms with Gasteiger partial charge < -0.3 is 4.74 Å². The lowest BCUT2D eigenvalue weighted by molar-refractivity contribution is -0.142. The quantitative estimate of drug-likeness (QED) is 0.828. The van der Waals surface area contributed by atoms with Crippen LogP contribution >= 0.6 is 0 Å². The number of benzene rings is 1. The number of methoxy groups -OCH3 is 1. The third-order valence-electron chi connectivity index (χ3n) is 3.29. The molecule has 0 spiro atoms. The van der Waals surface area contributed by atoms with Gasteiger partial charge in [-0.2, -0.15) is 0 Å². The number of carbonyl (C=O) groups excluding carboxylic acids is 1. The Morgan fingerprint density at radius 3 is 2.89 bits per heavy atom. The molecule has 4 nitrogen and oxygen atoms in total. The Hall–Kier alpha value is -1.27. The van der Waals surface area contributed by atoms with Crippen LogP contribution in [0.3, 0.4) is 0 Å². The van der Waals surface area contributed by atoms with Crippen LogP contribution in [0.5, 0.6) is 0 Å². The molecule has 1 aliphatic rings. The maximum absolute atomic E-state index is 13.3. The summed E-state index contributed by atoms with van der Waals surface area (Å²) in [5, 5.41) is 2.90. The normalized spacial score (nSPS) is 30.9. The molecule has 0 aromatic heterocycles. The highest BCUT2D eigenvalue weighted by atomic mass is 32.2. The van der Waals surface area contributed by atoms with Crippen molar-refractivity contribution < 1.29 is 18.1 Å². The second kappa shape index (κ2) is 5.79. The minimum absolute atomic E-state index is 0.192. The van der Waals surface area contributed by atoms with E-state index in [0.717, 1.165) is 0 Å². The summed E-state index contributed by atoms with van der Waals surface area (Å²) < 4.78 is 30.0. The number of rotatable bonds is 2. The van der Waals surface area contributed by atoms with E-state index in [9.17, 15) is 13.4 Å². The SMILES string of the molecule is COC(=O)C1CS(=O)C(C)C(c2cccc(F)c2)N1. The van der Waals surface area contributed by atoms with Gasteiger partial charge in [-0.1, -0.05) is 12.1 Å². The van der Waals surface area contributed by atoms with Crippen LogP contribution in [0, 0.1) is 5.82 Å². The molecule has 1 aromatic rings. The second-order valence-electron chi connectivity index (χ2n) is 4.53. The minimum Gasteiger partial charge on any atom is -0.468 e. The summed E-state index contributed by atoms with van der Waals surface area (Å²) in [4.78, 5) is 11.6. The van der Waals surface area contributed by atoms with Gasteiger partial charge in [0.1, 0.15) is 11.9 Å². The summed E-state index contributed by atoms with van der Waals surface area (Å²) in [5.41, 5.74) is 0.689. The molecule has 1 heterocycles. The van der Waals surface area contributed by atoms with Crippen molar-refractivity contribution in [3.05, 3.63) is 35.6 Å². The Labute approximate surface area is 113 Å². The Bertz CT molecular complexity index is 508. The van der Waals surface area contributed by atoms with E-state index in [-0.39, 0.29) is 22.9 Å². The number of nitrogens with one attached hydrogen (secondary N) is 1. The zero-order valence-corrected chi connectivity index (χ0v) is 11.6. The molecule has 0 amide bonds. The molecule has 1 fully saturated rings. The molecule has 0 bridgehead atoms. The maximum atomic E-state index is 13.3. The average molecular weight is 285 g/mol. The predicted molar refractivity (Wildman–Crippen MR) is 70.6 cm³/mol. The van der Waals surface area contributed by atoms with Crippen molar-refractivity contribution >= 4 is 16.8 Å². The molecule has 4 unspecified atom stereocenters. The fraction of sp³-hybridized carbons (Fsp3) is 0.462. The van der Waals surface area contributed by atoms with Crippen LogP contribution in [0.15, 0.2) is 24.3 Å². The molecule has 4 atom stereocenters. The van der Waals surface area contributed by atoms with E-state index >= 15 is 0 Å². The molecule has 104 valence electrons. The molecule has 0 saturated carbocycles. The summed E-state index contributed by atoms with van der Waals surface area (Å²) in [5.74, 6) is -0.571. The zero-order valence-electron chi connectivity index (χ0n) is 10.8. The first-order valence-corrected chi connectivity index (χ1v) is 7.37. The Morgan fingerprint density at radius 2 is 2.26 bits per heavy atom. The standard InChI is InChI=1S/C13H16FNO3S/c1-8-12(9-4-3-5-10(14)6-9)15-11(7-19(8)17)13(16)18-2/h3-6,8,11-12,15H,7H2,1-2H3. The highest BCUT2D eigenvalue weighted by molar-refractivity contribution is 7.85. The molecule has 0 aliphatic carbocycles. The number of hydrogen-bond acceptors (Lipinski definition) is 4. The van der Waals surface area contributed by atoms with Gasteiger partial charge in [0.2, 0.25) is 0 Å². The lowest BCUT2D eigenvalue weighted by atomic mass is 10.0. The molecule has 0 radical (unpaired) electrons. The highest BCUT2D eigenvalue weighted by Crippen LogP contribution is 2.26. The first kappa shape index (κ1) is 14.1. The summed E-state index contributed by atoms with van der Waals surface area (Å²) in [7, 11) is 0.134. The minimum atomic E-state index is -1.16. The third kappa shape index (κ3) is 3.01. The fourth-order valence-corrected chi connectivity index (χ4v) is 3.62. The van der Waals surface area contributed by atoms with E-state index in [0.29, 0.717) is 5.56 Å². The Balaban J connectivity index is 2.27. The molecular formula is C13H16FNO3S. The van der Waals surface area contributed by atoms with Crippen molar-refractivity contribution in [2.75, 3.05) is 12.9 Å². The van der Waals surface area contributed by atoms with Gasteiger partial charge in [0.15, 0.2) is 0 Å². The lowest BCUT2D eigenvalue weighted by Crippen LogP contribution is -2.53. The van der Waals surface area contributed by atoms with Crippen molar-refractivity contribution in [3.63, 3.8) is 0 Å². The van der Waals surface area contributed by atoms with E-state index in [1.807, 2.05) is 6.92 Å². The number of ether oxygens (including phenoxy) is 1. The fourth-order valence-electron chi connectivity index (χ4n) is 2.21. The summed E-state index contributed by atoms with van der Waals surface area (Å²) in [6, 6.07) is 5.17. The van der Waals surface area contributed by atoms with Crippen LogP contribution in [0.4, 0.5) is 4.39 Å². The van der Waals surface area contributed by atoms with Gasteiger partial charge in [0.05, 0.1) is 18.1 Å². The first-order valence-electron chi connectivity index (χ1n) is 5.99. The number of carbonyl (C=O) groups is 1.